The van der Waals surface area contributed by atoms with Crippen molar-refractivity contribution in [2.45, 2.75) is 51.6 Å². The Morgan fingerprint density at radius 3 is 2.71 bits per heavy atom. The van der Waals surface area contributed by atoms with Crippen molar-refractivity contribution in [1.82, 2.24) is 15.5 Å². The maximum absolute atomic E-state index is 11.3. The molecule has 1 saturated heterocycles. The minimum Gasteiger partial charge on any atom is -0.368 e. The van der Waals surface area contributed by atoms with Crippen molar-refractivity contribution < 1.29 is 9.32 Å². The van der Waals surface area contributed by atoms with Crippen LogP contribution in [0.4, 0.5) is 5.69 Å². The first-order valence-corrected chi connectivity index (χ1v) is 8.33. The van der Waals surface area contributed by atoms with Crippen LogP contribution in [0.15, 0.2) is 34.9 Å². The van der Waals surface area contributed by atoms with Gasteiger partial charge >= 0.3 is 0 Å². The van der Waals surface area contributed by atoms with E-state index in [0.717, 1.165) is 13.0 Å². The van der Waals surface area contributed by atoms with Gasteiger partial charge in [-0.25, -0.2) is 0 Å². The van der Waals surface area contributed by atoms with Crippen molar-refractivity contribution in [1.29, 1.82) is 0 Å². The van der Waals surface area contributed by atoms with E-state index in [2.05, 4.69) is 51.5 Å². The Balaban J connectivity index is 1.78. The molecule has 2 heterocycles. The Hall–Kier alpha value is -2.37. The molecule has 0 unspecified atom stereocenters. The lowest BCUT2D eigenvalue weighted by Crippen LogP contribution is -2.40. The molecule has 1 aliphatic heterocycles. The fraction of sp³-hybridized carbons (Fsp3) is 0.500. The number of nitrogens with one attached hydrogen (secondary N) is 1. The average Bonchev–Trinajstić information content (AvgIpc) is 3.14. The van der Waals surface area contributed by atoms with Gasteiger partial charge in [0, 0.05) is 25.2 Å². The third-order valence-electron chi connectivity index (χ3n) is 4.65. The van der Waals surface area contributed by atoms with Gasteiger partial charge in [-0.1, -0.05) is 23.4 Å². The fourth-order valence-electron chi connectivity index (χ4n) is 3.39. The number of amides is 1. The topological polar surface area (TPSA) is 71.3 Å². The van der Waals surface area contributed by atoms with Crippen molar-refractivity contribution in [2.24, 2.45) is 0 Å². The molecule has 1 aliphatic rings. The van der Waals surface area contributed by atoms with E-state index in [1.807, 2.05) is 19.9 Å². The van der Waals surface area contributed by atoms with Crippen molar-refractivity contribution in [2.75, 3.05) is 11.4 Å². The first-order valence-electron chi connectivity index (χ1n) is 8.33. The van der Waals surface area contributed by atoms with E-state index < -0.39 is 5.54 Å². The second-order valence-corrected chi connectivity index (χ2v) is 6.93. The predicted octanol–water partition coefficient (Wildman–Crippen LogP) is 2.82. The number of para-hydroxylation sites is 1. The number of nitrogens with zero attached hydrogens (tertiary/aromatic N) is 3. The van der Waals surface area contributed by atoms with Crippen LogP contribution < -0.4 is 10.2 Å². The van der Waals surface area contributed by atoms with E-state index in [1.165, 1.54) is 12.6 Å². The van der Waals surface area contributed by atoms with Gasteiger partial charge in [0.1, 0.15) is 0 Å². The van der Waals surface area contributed by atoms with Crippen LogP contribution in [0.1, 0.15) is 51.7 Å². The minimum atomic E-state index is -0.644. The van der Waals surface area contributed by atoms with Crippen LogP contribution in [0.3, 0.4) is 0 Å². The predicted molar refractivity (Wildman–Crippen MR) is 91.7 cm³/mol. The number of benzene rings is 1. The van der Waals surface area contributed by atoms with Gasteiger partial charge in [0.25, 0.3) is 0 Å². The summed E-state index contributed by atoms with van der Waals surface area (Å²) in [6.45, 7) is 8.38. The molecule has 24 heavy (non-hydrogen) atoms. The zero-order valence-corrected chi connectivity index (χ0v) is 14.6. The molecule has 1 amide bonds. The summed E-state index contributed by atoms with van der Waals surface area (Å²) in [5.74, 6) is 1.24. The zero-order valence-electron chi connectivity index (χ0n) is 14.6. The lowest BCUT2D eigenvalue weighted by atomic mass is 10.0. The number of carbonyl (C=O) groups is 1. The molecule has 1 N–H and O–H groups in total. The summed E-state index contributed by atoms with van der Waals surface area (Å²) in [5, 5.41) is 6.95. The SMILES string of the molecule is CC(=O)NC(C)(C)c1noc([C@@H]2CCN(c3ccccc3)[C@H]2C)n1. The number of aromatic nitrogens is 2. The maximum atomic E-state index is 11.3. The summed E-state index contributed by atoms with van der Waals surface area (Å²) in [6, 6.07) is 10.7. The number of rotatable bonds is 4. The summed E-state index contributed by atoms with van der Waals surface area (Å²) >= 11 is 0. The third kappa shape index (κ3) is 3.13. The Morgan fingerprint density at radius 1 is 1.33 bits per heavy atom. The molecular weight excluding hydrogens is 304 g/mol. The Bertz CT molecular complexity index is 711. The molecular formula is C18H24N4O2. The molecule has 3 rings (SSSR count). The molecule has 2 atom stereocenters. The molecule has 0 spiro atoms. The van der Waals surface area contributed by atoms with Crippen LogP contribution in [-0.4, -0.2) is 28.6 Å². The Kier molecular flexibility index (Phi) is 4.30. The maximum Gasteiger partial charge on any atom is 0.231 e. The number of anilines is 1. The van der Waals surface area contributed by atoms with Gasteiger partial charge in [-0.05, 0) is 39.3 Å². The van der Waals surface area contributed by atoms with Gasteiger partial charge in [0.15, 0.2) is 5.82 Å². The fourth-order valence-corrected chi connectivity index (χ4v) is 3.39. The molecule has 6 heteroatoms. The van der Waals surface area contributed by atoms with Crippen molar-refractivity contribution in [3.8, 4) is 0 Å². The average molecular weight is 328 g/mol. The molecule has 0 saturated carbocycles. The monoisotopic (exact) mass is 328 g/mol. The van der Waals surface area contributed by atoms with Gasteiger partial charge in [-0.15, -0.1) is 0 Å². The quantitative estimate of drug-likeness (QED) is 0.934. The Labute approximate surface area is 142 Å². The van der Waals surface area contributed by atoms with Crippen LogP contribution in [0.25, 0.3) is 0 Å². The first kappa shape index (κ1) is 16.5. The highest BCUT2D eigenvalue weighted by molar-refractivity contribution is 5.73. The standard InChI is InChI=1S/C18H24N4O2/c1-12-15(10-11-22(12)14-8-6-5-7-9-14)16-19-17(21-24-16)18(3,4)20-13(2)23/h5-9,12,15H,10-11H2,1-4H3,(H,20,23)/t12-,15+/m0/s1. The van der Waals surface area contributed by atoms with Gasteiger partial charge in [0.05, 0.1) is 11.5 Å². The number of hydrogen-bond donors (Lipinski definition) is 1. The first-order chi connectivity index (χ1) is 11.4. The van der Waals surface area contributed by atoms with E-state index in [1.54, 1.807) is 0 Å². The lowest BCUT2D eigenvalue weighted by molar-refractivity contribution is -0.120. The zero-order chi connectivity index (χ0) is 17.3. The van der Waals surface area contributed by atoms with Crippen LogP contribution in [0.5, 0.6) is 0 Å². The van der Waals surface area contributed by atoms with E-state index in [4.69, 9.17) is 4.52 Å². The molecule has 1 fully saturated rings. The molecule has 0 radical (unpaired) electrons. The van der Waals surface area contributed by atoms with Gasteiger partial charge < -0.3 is 14.7 Å². The van der Waals surface area contributed by atoms with Gasteiger partial charge in [-0.2, -0.15) is 4.98 Å². The highest BCUT2D eigenvalue weighted by Gasteiger charge is 2.37. The largest absolute Gasteiger partial charge is 0.368 e. The molecule has 6 nitrogen and oxygen atoms in total. The third-order valence-corrected chi connectivity index (χ3v) is 4.65. The highest BCUT2D eigenvalue weighted by atomic mass is 16.5. The van der Waals surface area contributed by atoms with Crippen molar-refractivity contribution >= 4 is 11.6 Å². The summed E-state index contributed by atoms with van der Waals surface area (Å²) in [4.78, 5) is 18.3. The summed E-state index contributed by atoms with van der Waals surface area (Å²) in [6.07, 6.45) is 0.970. The molecule has 128 valence electrons. The second-order valence-electron chi connectivity index (χ2n) is 6.93. The van der Waals surface area contributed by atoms with Gasteiger partial charge in [-0.3, -0.25) is 4.79 Å². The van der Waals surface area contributed by atoms with Gasteiger partial charge in [0.2, 0.25) is 11.8 Å². The smallest absolute Gasteiger partial charge is 0.231 e. The lowest BCUT2D eigenvalue weighted by Gasteiger charge is -2.25. The molecule has 0 bridgehead atoms. The minimum absolute atomic E-state index is 0.115. The van der Waals surface area contributed by atoms with Crippen LogP contribution in [0.2, 0.25) is 0 Å². The molecule has 1 aromatic heterocycles. The van der Waals surface area contributed by atoms with E-state index in [-0.39, 0.29) is 17.9 Å². The van der Waals surface area contributed by atoms with E-state index in [0.29, 0.717) is 11.7 Å². The van der Waals surface area contributed by atoms with Crippen molar-refractivity contribution in [3.63, 3.8) is 0 Å². The second kappa shape index (κ2) is 6.26. The van der Waals surface area contributed by atoms with E-state index >= 15 is 0 Å². The number of hydrogen-bond acceptors (Lipinski definition) is 5. The molecule has 2 aromatic rings. The Morgan fingerprint density at radius 2 is 2.04 bits per heavy atom. The van der Waals surface area contributed by atoms with E-state index in [9.17, 15) is 4.79 Å². The van der Waals surface area contributed by atoms with Crippen LogP contribution >= 0.6 is 0 Å². The van der Waals surface area contributed by atoms with Crippen molar-refractivity contribution in [3.05, 3.63) is 42.0 Å². The summed E-state index contributed by atoms with van der Waals surface area (Å²) in [5.41, 5.74) is 0.569. The van der Waals surface area contributed by atoms with Crippen LogP contribution in [-0.2, 0) is 10.3 Å². The normalized spacial score (nSPS) is 21.1. The summed E-state index contributed by atoms with van der Waals surface area (Å²) < 4.78 is 5.53. The highest BCUT2D eigenvalue weighted by Crippen LogP contribution is 2.36. The molecule has 0 aliphatic carbocycles. The number of carbonyl (C=O) groups excluding carboxylic acids is 1. The molecule has 1 aromatic carbocycles. The summed E-state index contributed by atoms with van der Waals surface area (Å²) in [7, 11) is 0. The van der Waals surface area contributed by atoms with Crippen LogP contribution in [0, 0.1) is 0 Å².